The van der Waals surface area contributed by atoms with Gasteiger partial charge in [0, 0.05) is 38.8 Å². The summed E-state index contributed by atoms with van der Waals surface area (Å²) in [6, 6.07) is 6.77. The molecule has 0 N–H and O–H groups in total. The van der Waals surface area contributed by atoms with Crippen molar-refractivity contribution in [3.05, 3.63) is 29.3 Å². The fourth-order valence-corrected chi connectivity index (χ4v) is 8.07. The molecule has 5 nitrogen and oxygen atoms in total. The van der Waals surface area contributed by atoms with Crippen molar-refractivity contribution in [2.75, 3.05) is 52.0 Å². The van der Waals surface area contributed by atoms with Gasteiger partial charge in [0.15, 0.2) is 0 Å². The smallest absolute Gasteiger partial charge is 0.119 e. The maximum Gasteiger partial charge on any atom is 0.119 e. The third-order valence-electron chi connectivity index (χ3n) is 9.50. The second-order valence-electron chi connectivity index (χ2n) is 14.5. The molecule has 1 aliphatic heterocycles. The Morgan fingerprint density at radius 1 is 0.771 bits per heavy atom. The van der Waals surface area contributed by atoms with E-state index in [2.05, 4.69) is 50.8 Å². The van der Waals surface area contributed by atoms with Gasteiger partial charge in [-0.15, -0.1) is 0 Å². The highest BCUT2D eigenvalue weighted by Gasteiger charge is 2.27. The summed E-state index contributed by atoms with van der Waals surface area (Å²) in [5.74, 6) is 5.66. The molecule has 4 unspecified atom stereocenters. The van der Waals surface area contributed by atoms with E-state index in [0.29, 0.717) is 18.3 Å². The number of hydrogen-bond acceptors (Lipinski definition) is 7. The number of fused-ring (bicyclic) bond motifs is 1. The fraction of sp³-hybridized carbons (Fsp3) is 0.854. The van der Waals surface area contributed by atoms with Gasteiger partial charge in [-0.2, -0.15) is 0 Å². The van der Waals surface area contributed by atoms with E-state index in [0.717, 1.165) is 74.0 Å². The molecule has 1 aliphatic carbocycles. The highest BCUT2D eigenvalue weighted by molar-refractivity contribution is 8.76. The monoisotopic (exact) mass is 712 g/mol. The highest BCUT2D eigenvalue weighted by atomic mass is 33.1. The van der Waals surface area contributed by atoms with Gasteiger partial charge >= 0.3 is 0 Å². The van der Waals surface area contributed by atoms with Crippen LogP contribution in [0.15, 0.2) is 18.2 Å². The van der Waals surface area contributed by atoms with Gasteiger partial charge < -0.3 is 18.9 Å². The minimum atomic E-state index is 0.298. The first kappa shape index (κ1) is 45.6. The molecule has 4 atom stereocenters. The van der Waals surface area contributed by atoms with Crippen LogP contribution < -0.4 is 4.74 Å². The molecule has 7 heteroatoms. The normalized spacial score (nSPS) is 18.9. The molecule has 48 heavy (non-hydrogen) atoms. The van der Waals surface area contributed by atoms with Crippen molar-refractivity contribution < 1.29 is 18.9 Å². The maximum absolute atomic E-state index is 6.09. The van der Waals surface area contributed by atoms with Crippen LogP contribution in [-0.4, -0.2) is 75.2 Å². The lowest BCUT2D eigenvalue weighted by molar-refractivity contribution is -0.0327. The molecule has 0 saturated heterocycles. The summed E-state index contributed by atoms with van der Waals surface area (Å²) >= 11 is 0. The Hall–Kier alpha value is -0.440. The van der Waals surface area contributed by atoms with Gasteiger partial charge in [0.2, 0.25) is 0 Å². The molecule has 1 saturated carbocycles. The predicted molar refractivity (Wildman–Crippen MR) is 214 cm³/mol. The Balaban J connectivity index is 0.00000150. The van der Waals surface area contributed by atoms with Crippen LogP contribution in [0.3, 0.4) is 0 Å². The van der Waals surface area contributed by atoms with E-state index < -0.39 is 0 Å². The molecule has 0 spiro atoms. The first-order valence-corrected chi connectivity index (χ1v) is 22.1. The summed E-state index contributed by atoms with van der Waals surface area (Å²) in [5, 5.41) is 0. The maximum atomic E-state index is 6.09. The second-order valence-corrected chi connectivity index (χ2v) is 17.2. The van der Waals surface area contributed by atoms with Crippen LogP contribution >= 0.6 is 21.6 Å². The average molecular weight is 712 g/mol. The molecular weight excluding hydrogens is 635 g/mol. The van der Waals surface area contributed by atoms with E-state index in [-0.39, 0.29) is 0 Å². The van der Waals surface area contributed by atoms with E-state index in [1.54, 1.807) is 14.2 Å². The molecule has 2 aliphatic rings. The molecule has 0 radical (unpaired) electrons. The number of ether oxygens (including phenoxy) is 4. The van der Waals surface area contributed by atoms with Crippen molar-refractivity contribution in [3.8, 4) is 5.75 Å². The van der Waals surface area contributed by atoms with Crippen LogP contribution in [0.5, 0.6) is 5.75 Å². The lowest BCUT2D eigenvalue weighted by Crippen LogP contribution is -2.31. The van der Waals surface area contributed by atoms with Gasteiger partial charge in [0.05, 0.1) is 31.5 Å². The third kappa shape index (κ3) is 21.7. The summed E-state index contributed by atoms with van der Waals surface area (Å²) in [7, 11) is 7.27. The molecule has 282 valence electrons. The minimum Gasteiger partial charge on any atom is -0.493 e. The SMILES string of the molecule is CC.COC(C)C.COC1CCCC1OCCSSCCOc1ccc2c(c1)CCN(CCCC(C)CCCC(C)CCCC(C)C)C2. The number of hydrogen-bond donors (Lipinski definition) is 0. The molecule has 1 heterocycles. The van der Waals surface area contributed by atoms with Gasteiger partial charge in [0.25, 0.3) is 0 Å². The molecule has 1 aromatic rings. The van der Waals surface area contributed by atoms with Gasteiger partial charge in [-0.3, -0.25) is 4.90 Å². The van der Waals surface area contributed by atoms with Crippen LogP contribution in [0.2, 0.25) is 0 Å². The summed E-state index contributed by atoms with van der Waals surface area (Å²) < 4.78 is 22.4. The fourth-order valence-electron chi connectivity index (χ4n) is 6.41. The molecule has 0 bridgehead atoms. The van der Waals surface area contributed by atoms with Crippen LogP contribution in [0.4, 0.5) is 0 Å². The van der Waals surface area contributed by atoms with Crippen LogP contribution in [0, 0.1) is 17.8 Å². The van der Waals surface area contributed by atoms with Crippen molar-refractivity contribution in [2.24, 2.45) is 17.8 Å². The van der Waals surface area contributed by atoms with Crippen LogP contribution in [0.25, 0.3) is 0 Å². The van der Waals surface area contributed by atoms with Gasteiger partial charge in [-0.05, 0) is 99.9 Å². The second kappa shape index (κ2) is 29.2. The van der Waals surface area contributed by atoms with Crippen LogP contribution in [-0.2, 0) is 27.2 Å². The number of rotatable bonds is 23. The molecular formula is C41H77NO4S2. The highest BCUT2D eigenvalue weighted by Crippen LogP contribution is 2.28. The average Bonchev–Trinajstić information content (AvgIpc) is 3.54. The standard InChI is InChI=1S/C35H61NO3S2.C4H10O.C2H6/c1-28(2)10-6-11-29(3)12-7-13-30(4)14-9-20-36-21-19-31-26-33(18-17-32(31)27-36)38-22-24-40-41-25-23-39-35-16-8-15-34(35)37-5;1-4(2)5-3;1-2/h17-18,26,28-30,34-35H,6-16,19-25,27H2,1-5H3;4H,1-3H3;1-2H3. The largest absolute Gasteiger partial charge is 0.493 e. The Labute approximate surface area is 306 Å². The Morgan fingerprint density at radius 3 is 2.00 bits per heavy atom. The first-order valence-electron chi connectivity index (χ1n) is 19.6. The summed E-state index contributed by atoms with van der Waals surface area (Å²) in [5.41, 5.74) is 2.97. The molecule has 0 aromatic heterocycles. The quantitative estimate of drug-likeness (QED) is 0.0826. The van der Waals surface area contributed by atoms with E-state index >= 15 is 0 Å². The van der Waals surface area contributed by atoms with Crippen molar-refractivity contribution in [1.29, 1.82) is 0 Å². The van der Waals surface area contributed by atoms with E-state index in [4.69, 9.17) is 18.9 Å². The minimum absolute atomic E-state index is 0.298. The number of nitrogens with zero attached hydrogens (tertiary/aromatic N) is 1. The Morgan fingerprint density at radius 2 is 1.38 bits per heavy atom. The Bertz CT molecular complexity index is 886. The van der Waals surface area contributed by atoms with Crippen molar-refractivity contribution in [3.63, 3.8) is 0 Å². The van der Waals surface area contributed by atoms with Gasteiger partial charge in [0.1, 0.15) is 5.75 Å². The summed E-state index contributed by atoms with van der Waals surface area (Å²) in [6.07, 6.45) is 16.8. The van der Waals surface area contributed by atoms with E-state index in [1.165, 1.54) is 82.0 Å². The predicted octanol–water partition coefficient (Wildman–Crippen LogP) is 11.5. The lowest BCUT2D eigenvalue weighted by atomic mass is 9.92. The molecule has 1 fully saturated rings. The number of benzene rings is 1. The zero-order chi connectivity index (χ0) is 35.6. The van der Waals surface area contributed by atoms with E-state index in [1.807, 2.05) is 49.3 Å². The van der Waals surface area contributed by atoms with Crippen LogP contribution in [0.1, 0.15) is 137 Å². The van der Waals surface area contributed by atoms with Gasteiger partial charge in [-0.1, -0.05) is 108 Å². The van der Waals surface area contributed by atoms with Gasteiger partial charge in [-0.25, -0.2) is 0 Å². The Kier molecular flexibility index (Phi) is 27.7. The third-order valence-corrected chi connectivity index (χ3v) is 11.8. The van der Waals surface area contributed by atoms with E-state index in [9.17, 15) is 0 Å². The summed E-state index contributed by atoms with van der Waals surface area (Å²) in [4.78, 5) is 2.66. The summed E-state index contributed by atoms with van der Waals surface area (Å²) in [6.45, 7) is 22.7. The van der Waals surface area contributed by atoms with Crippen molar-refractivity contribution in [2.45, 2.75) is 157 Å². The van der Waals surface area contributed by atoms with Crippen molar-refractivity contribution in [1.82, 2.24) is 4.90 Å². The zero-order valence-corrected chi connectivity index (χ0v) is 34.7. The zero-order valence-electron chi connectivity index (χ0n) is 33.0. The first-order chi connectivity index (χ1) is 23.2. The molecule has 0 amide bonds. The molecule has 3 rings (SSSR count). The lowest BCUT2D eigenvalue weighted by Gasteiger charge is -2.29. The topological polar surface area (TPSA) is 40.2 Å². The van der Waals surface area contributed by atoms with Crippen molar-refractivity contribution >= 4 is 21.6 Å². The molecule has 1 aromatic carbocycles. The number of methoxy groups -OCH3 is 2.